The van der Waals surface area contributed by atoms with Crippen LogP contribution in [0.2, 0.25) is 0 Å². The average molecular weight is 247 g/mol. The van der Waals surface area contributed by atoms with Crippen LogP contribution in [0.5, 0.6) is 5.75 Å². The molecule has 0 aliphatic rings. The van der Waals surface area contributed by atoms with E-state index in [1.807, 2.05) is 0 Å². The van der Waals surface area contributed by atoms with Crippen LogP contribution in [0.4, 0.5) is 4.39 Å². The fourth-order valence-electron chi connectivity index (χ4n) is 0.728. The molecule has 0 bridgehead atoms. The minimum atomic E-state index is -0.352. The predicted molar refractivity (Wildman–Crippen MR) is 51.5 cm³/mol. The molecule has 3 N–H and O–H groups in total. The van der Waals surface area contributed by atoms with Crippen LogP contribution in [0.25, 0.3) is 0 Å². The molecule has 0 heterocycles. The Morgan fingerprint density at radius 2 is 2.31 bits per heavy atom. The fourth-order valence-corrected chi connectivity index (χ4v) is 1.09. The van der Waals surface area contributed by atoms with Crippen LogP contribution < -0.4 is 10.5 Å². The molecule has 0 atom stereocenters. The van der Waals surface area contributed by atoms with E-state index in [-0.39, 0.29) is 18.3 Å². The highest BCUT2D eigenvalue weighted by Crippen LogP contribution is 2.21. The van der Waals surface area contributed by atoms with Crippen LogP contribution in [0.1, 0.15) is 0 Å². The lowest BCUT2D eigenvalue weighted by atomic mass is 10.3. The SMILES string of the molecule is N=C(N)COc1ccc(F)c(Br)c1. The molecule has 3 nitrogen and oxygen atoms in total. The van der Waals surface area contributed by atoms with Crippen molar-refractivity contribution in [2.75, 3.05) is 6.61 Å². The molecule has 0 saturated heterocycles. The molecule has 0 saturated carbocycles. The number of benzene rings is 1. The molecule has 1 aromatic carbocycles. The second kappa shape index (κ2) is 4.23. The minimum absolute atomic E-state index is 0.0120. The lowest BCUT2D eigenvalue weighted by Crippen LogP contribution is -2.19. The van der Waals surface area contributed by atoms with Crippen LogP contribution in [0.3, 0.4) is 0 Å². The van der Waals surface area contributed by atoms with Crippen LogP contribution in [0.15, 0.2) is 22.7 Å². The number of amidine groups is 1. The number of ether oxygens (including phenoxy) is 1. The Morgan fingerprint density at radius 1 is 1.62 bits per heavy atom. The van der Waals surface area contributed by atoms with Gasteiger partial charge in [-0.25, -0.2) is 4.39 Å². The monoisotopic (exact) mass is 246 g/mol. The first-order valence-corrected chi connectivity index (χ1v) is 4.29. The number of nitrogens with two attached hydrogens (primary N) is 1. The van der Waals surface area contributed by atoms with Gasteiger partial charge in [-0.3, -0.25) is 5.41 Å². The highest BCUT2D eigenvalue weighted by Gasteiger charge is 2.01. The maximum atomic E-state index is 12.7. The van der Waals surface area contributed by atoms with Crippen molar-refractivity contribution in [1.82, 2.24) is 0 Å². The van der Waals surface area contributed by atoms with E-state index in [1.54, 1.807) is 0 Å². The van der Waals surface area contributed by atoms with E-state index in [1.165, 1.54) is 18.2 Å². The maximum absolute atomic E-state index is 12.7. The lowest BCUT2D eigenvalue weighted by molar-refractivity contribution is 0.373. The Bertz CT molecular complexity index is 330. The Morgan fingerprint density at radius 3 is 2.85 bits per heavy atom. The zero-order valence-electron chi connectivity index (χ0n) is 6.68. The van der Waals surface area contributed by atoms with Crippen molar-refractivity contribution in [3.8, 4) is 5.75 Å². The molecular weight excluding hydrogens is 239 g/mol. The number of hydrogen-bond donors (Lipinski definition) is 2. The lowest BCUT2D eigenvalue weighted by Gasteiger charge is -2.04. The van der Waals surface area contributed by atoms with Gasteiger partial charge in [0.05, 0.1) is 4.47 Å². The standard InChI is InChI=1S/C8H8BrFN2O/c9-6-3-5(1-2-7(6)10)13-4-8(11)12/h1-3H,4H2,(H3,11,12). The zero-order chi connectivity index (χ0) is 9.84. The maximum Gasteiger partial charge on any atom is 0.145 e. The molecule has 1 aromatic rings. The normalized spacial score (nSPS) is 9.69. The third kappa shape index (κ3) is 3.02. The van der Waals surface area contributed by atoms with Gasteiger partial charge in [0, 0.05) is 0 Å². The molecule has 0 aromatic heterocycles. The van der Waals surface area contributed by atoms with Crippen molar-refractivity contribution in [1.29, 1.82) is 5.41 Å². The summed E-state index contributed by atoms with van der Waals surface area (Å²) >= 11 is 3.01. The molecule has 0 aliphatic carbocycles. The van der Waals surface area contributed by atoms with Crippen LogP contribution >= 0.6 is 15.9 Å². The molecule has 70 valence electrons. The van der Waals surface area contributed by atoms with Gasteiger partial charge in [0.1, 0.15) is 24.0 Å². The summed E-state index contributed by atoms with van der Waals surface area (Å²) in [5, 5.41) is 6.91. The summed E-state index contributed by atoms with van der Waals surface area (Å²) in [5.41, 5.74) is 5.08. The molecule has 0 radical (unpaired) electrons. The Balaban J connectivity index is 2.68. The minimum Gasteiger partial charge on any atom is -0.486 e. The van der Waals surface area contributed by atoms with Crippen molar-refractivity contribution >= 4 is 21.8 Å². The van der Waals surface area contributed by atoms with Crippen molar-refractivity contribution in [2.24, 2.45) is 5.73 Å². The van der Waals surface area contributed by atoms with Crippen LogP contribution in [0, 0.1) is 11.2 Å². The second-order valence-electron chi connectivity index (χ2n) is 2.39. The predicted octanol–water partition coefficient (Wildman–Crippen LogP) is 1.90. The first-order valence-electron chi connectivity index (χ1n) is 3.50. The molecule has 0 fully saturated rings. The van der Waals surface area contributed by atoms with Gasteiger partial charge in [-0.15, -0.1) is 0 Å². The Labute approximate surface area is 83.3 Å². The molecule has 0 aliphatic heterocycles. The largest absolute Gasteiger partial charge is 0.486 e. The summed E-state index contributed by atoms with van der Waals surface area (Å²) in [4.78, 5) is 0. The van der Waals surface area contributed by atoms with E-state index < -0.39 is 0 Å². The van der Waals surface area contributed by atoms with Crippen molar-refractivity contribution in [3.63, 3.8) is 0 Å². The second-order valence-corrected chi connectivity index (χ2v) is 3.24. The summed E-state index contributed by atoms with van der Waals surface area (Å²) in [5.74, 6) is 0.0547. The summed E-state index contributed by atoms with van der Waals surface area (Å²) in [6.45, 7) is 0.0120. The zero-order valence-corrected chi connectivity index (χ0v) is 8.27. The third-order valence-corrected chi connectivity index (χ3v) is 1.89. The molecule has 1 rings (SSSR count). The summed E-state index contributed by atoms with van der Waals surface area (Å²) in [6, 6.07) is 4.24. The van der Waals surface area contributed by atoms with Gasteiger partial charge in [0.2, 0.25) is 0 Å². The number of hydrogen-bond acceptors (Lipinski definition) is 2. The van der Waals surface area contributed by atoms with Crippen molar-refractivity contribution in [3.05, 3.63) is 28.5 Å². The van der Waals surface area contributed by atoms with E-state index >= 15 is 0 Å². The van der Waals surface area contributed by atoms with E-state index in [0.29, 0.717) is 10.2 Å². The van der Waals surface area contributed by atoms with Gasteiger partial charge >= 0.3 is 0 Å². The first-order chi connectivity index (χ1) is 6.09. The highest BCUT2D eigenvalue weighted by molar-refractivity contribution is 9.10. The van der Waals surface area contributed by atoms with Crippen molar-refractivity contribution in [2.45, 2.75) is 0 Å². The highest BCUT2D eigenvalue weighted by atomic mass is 79.9. The van der Waals surface area contributed by atoms with E-state index in [2.05, 4.69) is 15.9 Å². The molecule has 0 amide bonds. The molecule has 0 unspecified atom stereocenters. The fraction of sp³-hybridized carbons (Fsp3) is 0.125. The van der Waals surface area contributed by atoms with Gasteiger partial charge in [-0.05, 0) is 34.1 Å². The summed E-state index contributed by atoms with van der Waals surface area (Å²) in [7, 11) is 0. The van der Waals surface area contributed by atoms with Crippen LogP contribution in [-0.2, 0) is 0 Å². The van der Waals surface area contributed by atoms with Crippen molar-refractivity contribution < 1.29 is 9.13 Å². The van der Waals surface area contributed by atoms with Gasteiger partial charge in [-0.2, -0.15) is 0 Å². The van der Waals surface area contributed by atoms with E-state index in [0.717, 1.165) is 0 Å². The number of halogens is 2. The van der Waals surface area contributed by atoms with E-state index in [4.69, 9.17) is 15.9 Å². The van der Waals surface area contributed by atoms with Gasteiger partial charge in [0.15, 0.2) is 0 Å². The topological polar surface area (TPSA) is 59.1 Å². The summed E-state index contributed by atoms with van der Waals surface area (Å²) < 4.78 is 18.1. The molecular formula is C8H8BrFN2O. The molecule has 0 spiro atoms. The number of nitrogens with one attached hydrogen (secondary N) is 1. The first kappa shape index (κ1) is 9.98. The van der Waals surface area contributed by atoms with Gasteiger partial charge in [0.25, 0.3) is 0 Å². The Kier molecular flexibility index (Phi) is 3.25. The van der Waals surface area contributed by atoms with Gasteiger partial charge in [-0.1, -0.05) is 0 Å². The Hall–Kier alpha value is -1.10. The third-order valence-electron chi connectivity index (χ3n) is 1.29. The number of rotatable bonds is 3. The summed E-state index contributed by atoms with van der Waals surface area (Å²) in [6.07, 6.45) is 0. The average Bonchev–Trinajstić information content (AvgIpc) is 2.07. The molecule has 13 heavy (non-hydrogen) atoms. The van der Waals surface area contributed by atoms with Crippen LogP contribution in [-0.4, -0.2) is 12.4 Å². The molecule has 5 heteroatoms. The van der Waals surface area contributed by atoms with E-state index in [9.17, 15) is 4.39 Å². The quantitative estimate of drug-likeness (QED) is 0.633. The smallest absolute Gasteiger partial charge is 0.145 e. The van der Waals surface area contributed by atoms with Gasteiger partial charge < -0.3 is 10.5 Å².